The third-order valence-electron chi connectivity index (χ3n) is 1.56. The van der Waals surface area contributed by atoms with Crippen LogP contribution in [0.25, 0.3) is 0 Å². The largest absolute Gasteiger partial charge is 0.497 e. The molecule has 1 aromatic rings. The zero-order valence-electron chi connectivity index (χ0n) is 7.13. The first-order valence-corrected chi connectivity index (χ1v) is 3.50. The quantitative estimate of drug-likeness (QED) is 0.616. The number of hydrogen-bond donors (Lipinski definition) is 0. The second kappa shape index (κ2) is 3.68. The van der Waals surface area contributed by atoms with Gasteiger partial charge in [0.05, 0.1) is 19.8 Å². The summed E-state index contributed by atoms with van der Waals surface area (Å²) in [4.78, 5) is 0. The van der Waals surface area contributed by atoms with Crippen molar-refractivity contribution in [1.82, 2.24) is 0 Å². The zero-order valence-corrected chi connectivity index (χ0v) is 7.13. The highest BCUT2D eigenvalue weighted by molar-refractivity contribution is 5.48. The lowest BCUT2D eigenvalue weighted by atomic mass is 10.2. The predicted octanol–water partition coefficient (Wildman–Crippen LogP) is 1.69. The molecule has 0 aliphatic carbocycles. The molecule has 0 saturated carbocycles. The summed E-state index contributed by atoms with van der Waals surface area (Å²) in [7, 11) is 3.18. The molecule has 0 fully saturated rings. The van der Waals surface area contributed by atoms with Gasteiger partial charge in [0.15, 0.2) is 0 Å². The number of terminal acetylenes is 1. The van der Waals surface area contributed by atoms with Gasteiger partial charge in [-0.15, -0.1) is 6.42 Å². The molecule has 0 atom stereocenters. The fourth-order valence-electron chi connectivity index (χ4n) is 0.918. The van der Waals surface area contributed by atoms with E-state index in [9.17, 15) is 0 Å². The van der Waals surface area contributed by atoms with Crippen LogP contribution < -0.4 is 9.47 Å². The van der Waals surface area contributed by atoms with E-state index in [2.05, 4.69) is 5.92 Å². The molecule has 0 N–H and O–H groups in total. The highest BCUT2D eigenvalue weighted by atomic mass is 16.5. The molecule has 0 spiro atoms. The number of benzene rings is 1. The van der Waals surface area contributed by atoms with Crippen molar-refractivity contribution in [2.45, 2.75) is 0 Å². The minimum atomic E-state index is 0.664. The van der Waals surface area contributed by atoms with Gasteiger partial charge in [-0.1, -0.05) is 5.92 Å². The summed E-state index contributed by atoms with van der Waals surface area (Å²) in [6.45, 7) is 0. The van der Waals surface area contributed by atoms with Gasteiger partial charge in [0.1, 0.15) is 11.5 Å². The Morgan fingerprint density at radius 2 is 2.00 bits per heavy atom. The molecule has 0 aliphatic rings. The minimum Gasteiger partial charge on any atom is -0.497 e. The molecule has 12 heavy (non-hydrogen) atoms. The van der Waals surface area contributed by atoms with E-state index >= 15 is 0 Å². The first kappa shape index (κ1) is 8.48. The second-order valence-corrected chi connectivity index (χ2v) is 2.21. The lowest BCUT2D eigenvalue weighted by Gasteiger charge is -2.05. The van der Waals surface area contributed by atoms with Crippen LogP contribution in [0, 0.1) is 12.3 Å². The average molecular weight is 162 g/mol. The molecule has 62 valence electrons. The van der Waals surface area contributed by atoms with Crippen molar-refractivity contribution in [3.8, 4) is 23.8 Å². The Morgan fingerprint density at radius 3 is 2.50 bits per heavy atom. The van der Waals surface area contributed by atoms with Crippen LogP contribution in [0.4, 0.5) is 0 Å². The van der Waals surface area contributed by atoms with Gasteiger partial charge < -0.3 is 9.47 Å². The molecule has 2 heteroatoms. The van der Waals surface area contributed by atoms with Crippen molar-refractivity contribution >= 4 is 0 Å². The normalized spacial score (nSPS) is 8.75. The lowest BCUT2D eigenvalue weighted by Crippen LogP contribution is -1.89. The first-order chi connectivity index (χ1) is 5.81. The maximum atomic E-state index is 5.25. The van der Waals surface area contributed by atoms with Crippen LogP contribution in [0.15, 0.2) is 18.2 Å². The molecule has 0 aromatic heterocycles. The average Bonchev–Trinajstić information content (AvgIpc) is 2.16. The molecule has 0 saturated heterocycles. The van der Waals surface area contributed by atoms with Gasteiger partial charge in [-0.05, 0) is 12.1 Å². The van der Waals surface area contributed by atoms with E-state index < -0.39 is 0 Å². The van der Waals surface area contributed by atoms with Crippen LogP contribution in [0.2, 0.25) is 0 Å². The Balaban J connectivity index is 3.13. The molecule has 0 bridgehead atoms. The van der Waals surface area contributed by atoms with E-state index in [0.29, 0.717) is 5.75 Å². The smallest absolute Gasteiger partial charge is 0.138 e. The van der Waals surface area contributed by atoms with Crippen molar-refractivity contribution in [1.29, 1.82) is 0 Å². The standard InChI is InChI=1S/C10H10O2/c1-4-8-5-6-9(11-2)7-10(8)12-3/h1,5-7H,2-3H3. The molecule has 0 aliphatic heterocycles. The Morgan fingerprint density at radius 1 is 1.25 bits per heavy atom. The number of hydrogen-bond acceptors (Lipinski definition) is 2. The molecule has 2 nitrogen and oxygen atoms in total. The Bertz CT molecular complexity index is 310. The van der Waals surface area contributed by atoms with Crippen LogP contribution in [-0.2, 0) is 0 Å². The van der Waals surface area contributed by atoms with E-state index in [1.807, 2.05) is 0 Å². The van der Waals surface area contributed by atoms with Gasteiger partial charge in [0, 0.05) is 6.07 Å². The van der Waals surface area contributed by atoms with Gasteiger partial charge >= 0.3 is 0 Å². The van der Waals surface area contributed by atoms with Crippen molar-refractivity contribution in [2.75, 3.05) is 14.2 Å². The highest BCUT2D eigenvalue weighted by Gasteiger charge is 2.00. The van der Waals surface area contributed by atoms with Crippen LogP contribution in [-0.4, -0.2) is 14.2 Å². The summed E-state index contributed by atoms with van der Waals surface area (Å²) in [5, 5.41) is 0. The van der Waals surface area contributed by atoms with E-state index in [-0.39, 0.29) is 0 Å². The third-order valence-corrected chi connectivity index (χ3v) is 1.56. The number of rotatable bonds is 2. The molecule has 0 unspecified atom stereocenters. The summed E-state index contributed by atoms with van der Waals surface area (Å²) in [5.41, 5.74) is 0.735. The number of ether oxygens (including phenoxy) is 2. The van der Waals surface area contributed by atoms with Crippen molar-refractivity contribution in [2.24, 2.45) is 0 Å². The summed E-state index contributed by atoms with van der Waals surface area (Å²) in [5.74, 6) is 3.92. The third kappa shape index (κ3) is 1.51. The lowest BCUT2D eigenvalue weighted by molar-refractivity contribution is 0.393. The molecule has 0 amide bonds. The van der Waals surface area contributed by atoms with E-state index in [0.717, 1.165) is 11.3 Å². The van der Waals surface area contributed by atoms with Crippen LogP contribution in [0.3, 0.4) is 0 Å². The topological polar surface area (TPSA) is 18.5 Å². The van der Waals surface area contributed by atoms with E-state index in [4.69, 9.17) is 15.9 Å². The highest BCUT2D eigenvalue weighted by Crippen LogP contribution is 2.23. The van der Waals surface area contributed by atoms with Gasteiger partial charge in [0.2, 0.25) is 0 Å². The van der Waals surface area contributed by atoms with Crippen LogP contribution >= 0.6 is 0 Å². The van der Waals surface area contributed by atoms with E-state index in [1.165, 1.54) is 0 Å². The fraction of sp³-hybridized carbons (Fsp3) is 0.200. The maximum absolute atomic E-state index is 5.25. The Hall–Kier alpha value is -1.62. The maximum Gasteiger partial charge on any atom is 0.138 e. The van der Waals surface area contributed by atoms with Crippen LogP contribution in [0.5, 0.6) is 11.5 Å². The van der Waals surface area contributed by atoms with Gasteiger partial charge in [-0.25, -0.2) is 0 Å². The van der Waals surface area contributed by atoms with Crippen molar-refractivity contribution in [3.63, 3.8) is 0 Å². The number of methoxy groups -OCH3 is 2. The molecule has 1 aromatic carbocycles. The first-order valence-electron chi connectivity index (χ1n) is 3.50. The predicted molar refractivity (Wildman–Crippen MR) is 47.5 cm³/mol. The monoisotopic (exact) mass is 162 g/mol. The van der Waals surface area contributed by atoms with Crippen molar-refractivity contribution < 1.29 is 9.47 Å². The molecular formula is C10H10O2. The Kier molecular flexibility index (Phi) is 2.60. The van der Waals surface area contributed by atoms with Gasteiger partial charge in [-0.2, -0.15) is 0 Å². The van der Waals surface area contributed by atoms with Gasteiger partial charge in [-0.3, -0.25) is 0 Å². The molecule has 1 rings (SSSR count). The SMILES string of the molecule is C#Cc1ccc(OC)cc1OC. The fourth-order valence-corrected chi connectivity index (χ4v) is 0.918. The van der Waals surface area contributed by atoms with E-state index in [1.54, 1.807) is 32.4 Å². The second-order valence-electron chi connectivity index (χ2n) is 2.21. The summed E-state index contributed by atoms with van der Waals surface area (Å²) >= 11 is 0. The molecule has 0 radical (unpaired) electrons. The summed E-state index contributed by atoms with van der Waals surface area (Å²) in [6.07, 6.45) is 5.25. The Labute approximate surface area is 72.1 Å². The zero-order chi connectivity index (χ0) is 8.97. The van der Waals surface area contributed by atoms with Gasteiger partial charge in [0.25, 0.3) is 0 Å². The summed E-state index contributed by atoms with van der Waals surface area (Å²) in [6, 6.07) is 5.35. The minimum absolute atomic E-state index is 0.664. The molecular weight excluding hydrogens is 152 g/mol. The van der Waals surface area contributed by atoms with Crippen molar-refractivity contribution in [3.05, 3.63) is 23.8 Å². The summed E-state index contributed by atoms with van der Waals surface area (Å²) < 4.78 is 10.1. The molecule has 0 heterocycles. The van der Waals surface area contributed by atoms with Crippen LogP contribution in [0.1, 0.15) is 5.56 Å².